The van der Waals surface area contributed by atoms with E-state index in [1.807, 2.05) is 0 Å². The van der Waals surface area contributed by atoms with Crippen LogP contribution < -0.4 is 0 Å². The predicted molar refractivity (Wildman–Crippen MR) is 69.3 cm³/mol. The van der Waals surface area contributed by atoms with Gasteiger partial charge in [0.05, 0.1) is 25.4 Å². The number of ether oxygens (including phenoxy) is 2. The summed E-state index contributed by atoms with van der Waals surface area (Å²) in [4.78, 5) is 2.62. The Bertz CT molecular complexity index is 200. The first kappa shape index (κ1) is 13.3. The molecular formula is C14H27NO2. The Kier molecular flexibility index (Phi) is 5.26. The highest BCUT2D eigenvalue weighted by molar-refractivity contribution is 4.84. The third-order valence-electron chi connectivity index (χ3n) is 3.81. The zero-order valence-corrected chi connectivity index (χ0v) is 11.4. The van der Waals surface area contributed by atoms with Crippen molar-refractivity contribution in [2.75, 3.05) is 26.3 Å². The first-order chi connectivity index (χ1) is 8.33. The standard InChI is InChI=1S/C14H27NO2/c1-3-5-6-7-12(4-2)15(8-13-10-16-13)9-14-11-17-14/h12-14H,3-11H2,1-2H3. The van der Waals surface area contributed by atoms with E-state index in [0.29, 0.717) is 12.2 Å². The zero-order valence-electron chi connectivity index (χ0n) is 11.4. The molecule has 0 aromatic carbocycles. The number of nitrogens with zero attached hydrogens (tertiary/aromatic N) is 1. The van der Waals surface area contributed by atoms with E-state index < -0.39 is 0 Å². The molecule has 100 valence electrons. The van der Waals surface area contributed by atoms with Gasteiger partial charge in [-0.1, -0.05) is 33.1 Å². The normalized spacial score (nSPS) is 28.4. The second-order valence-corrected chi connectivity index (χ2v) is 5.42. The summed E-state index contributed by atoms with van der Waals surface area (Å²) in [5.41, 5.74) is 0. The summed E-state index contributed by atoms with van der Waals surface area (Å²) in [6.45, 7) is 8.75. The molecule has 2 aliphatic heterocycles. The molecule has 3 atom stereocenters. The molecule has 2 aliphatic rings. The first-order valence-corrected chi connectivity index (χ1v) is 7.30. The van der Waals surface area contributed by atoms with Crippen molar-refractivity contribution in [2.45, 2.75) is 64.2 Å². The summed E-state index contributed by atoms with van der Waals surface area (Å²) < 4.78 is 10.8. The molecule has 0 spiro atoms. The van der Waals surface area contributed by atoms with E-state index in [4.69, 9.17) is 9.47 Å². The minimum atomic E-state index is 0.508. The lowest BCUT2D eigenvalue weighted by Crippen LogP contribution is -2.40. The van der Waals surface area contributed by atoms with Gasteiger partial charge in [-0.25, -0.2) is 0 Å². The molecule has 2 rings (SSSR count). The highest BCUT2D eigenvalue weighted by Gasteiger charge is 2.33. The molecule has 3 heteroatoms. The van der Waals surface area contributed by atoms with E-state index in [9.17, 15) is 0 Å². The van der Waals surface area contributed by atoms with Crippen LogP contribution in [0.5, 0.6) is 0 Å². The second kappa shape index (κ2) is 6.72. The molecule has 0 aromatic heterocycles. The van der Waals surface area contributed by atoms with E-state index in [-0.39, 0.29) is 0 Å². The lowest BCUT2D eigenvalue weighted by atomic mass is 10.0. The number of hydrogen-bond acceptors (Lipinski definition) is 3. The topological polar surface area (TPSA) is 28.3 Å². The van der Waals surface area contributed by atoms with Gasteiger partial charge in [-0.15, -0.1) is 0 Å². The van der Waals surface area contributed by atoms with Crippen molar-refractivity contribution < 1.29 is 9.47 Å². The maximum atomic E-state index is 5.38. The number of hydrogen-bond donors (Lipinski definition) is 0. The van der Waals surface area contributed by atoms with E-state index in [2.05, 4.69) is 18.7 Å². The van der Waals surface area contributed by atoms with Gasteiger partial charge < -0.3 is 9.47 Å². The fourth-order valence-electron chi connectivity index (χ4n) is 2.52. The molecule has 0 saturated carbocycles. The monoisotopic (exact) mass is 241 g/mol. The first-order valence-electron chi connectivity index (χ1n) is 7.30. The van der Waals surface area contributed by atoms with Crippen molar-refractivity contribution in [1.29, 1.82) is 0 Å². The van der Waals surface area contributed by atoms with Gasteiger partial charge in [0.2, 0.25) is 0 Å². The molecule has 2 saturated heterocycles. The van der Waals surface area contributed by atoms with Crippen molar-refractivity contribution in [3.05, 3.63) is 0 Å². The second-order valence-electron chi connectivity index (χ2n) is 5.42. The van der Waals surface area contributed by atoms with Crippen LogP contribution in [0.4, 0.5) is 0 Å². The Morgan fingerprint density at radius 2 is 1.65 bits per heavy atom. The quantitative estimate of drug-likeness (QED) is 0.434. The van der Waals surface area contributed by atoms with Crippen LogP contribution in [0.2, 0.25) is 0 Å². The molecule has 2 fully saturated rings. The predicted octanol–water partition coefficient (Wildman–Crippen LogP) is 2.44. The molecule has 0 aromatic rings. The lowest BCUT2D eigenvalue weighted by molar-refractivity contribution is 0.149. The number of unbranched alkanes of at least 4 members (excludes halogenated alkanes) is 2. The molecule has 0 amide bonds. The molecule has 2 heterocycles. The van der Waals surface area contributed by atoms with Crippen molar-refractivity contribution in [1.82, 2.24) is 4.90 Å². The van der Waals surface area contributed by atoms with Crippen LogP contribution in [0, 0.1) is 0 Å². The van der Waals surface area contributed by atoms with Crippen molar-refractivity contribution in [2.24, 2.45) is 0 Å². The average molecular weight is 241 g/mol. The van der Waals surface area contributed by atoms with E-state index in [1.54, 1.807) is 0 Å². The van der Waals surface area contributed by atoms with Crippen molar-refractivity contribution >= 4 is 0 Å². The Morgan fingerprint density at radius 3 is 2.06 bits per heavy atom. The summed E-state index contributed by atoms with van der Waals surface area (Å²) in [6, 6.07) is 0.731. The number of epoxide rings is 2. The van der Waals surface area contributed by atoms with Crippen LogP contribution in [0.3, 0.4) is 0 Å². The van der Waals surface area contributed by atoms with E-state index in [0.717, 1.165) is 32.3 Å². The Balaban J connectivity index is 1.76. The summed E-state index contributed by atoms with van der Waals surface area (Å²) in [7, 11) is 0. The maximum absolute atomic E-state index is 5.38. The Labute approximate surface area is 105 Å². The van der Waals surface area contributed by atoms with Crippen LogP contribution in [-0.4, -0.2) is 49.5 Å². The van der Waals surface area contributed by atoms with Gasteiger partial charge >= 0.3 is 0 Å². The summed E-state index contributed by atoms with van der Waals surface area (Å²) >= 11 is 0. The van der Waals surface area contributed by atoms with Gasteiger partial charge in [0, 0.05) is 19.1 Å². The van der Waals surface area contributed by atoms with Crippen LogP contribution in [0.25, 0.3) is 0 Å². The van der Waals surface area contributed by atoms with E-state index >= 15 is 0 Å². The van der Waals surface area contributed by atoms with Gasteiger partial charge in [-0.3, -0.25) is 4.90 Å². The molecule has 0 N–H and O–H groups in total. The molecule has 0 bridgehead atoms. The van der Waals surface area contributed by atoms with Crippen LogP contribution in [-0.2, 0) is 9.47 Å². The van der Waals surface area contributed by atoms with Crippen LogP contribution in [0.1, 0.15) is 46.0 Å². The summed E-state index contributed by atoms with van der Waals surface area (Å²) in [5, 5.41) is 0. The molecular weight excluding hydrogens is 214 g/mol. The molecule has 17 heavy (non-hydrogen) atoms. The van der Waals surface area contributed by atoms with Gasteiger partial charge in [-0.05, 0) is 12.8 Å². The summed E-state index contributed by atoms with van der Waals surface area (Å²) in [5.74, 6) is 0. The van der Waals surface area contributed by atoms with Gasteiger partial charge in [-0.2, -0.15) is 0 Å². The molecule has 3 unspecified atom stereocenters. The third-order valence-corrected chi connectivity index (χ3v) is 3.81. The summed E-state index contributed by atoms with van der Waals surface area (Å²) in [6.07, 6.45) is 7.65. The number of rotatable bonds is 10. The fraction of sp³-hybridized carbons (Fsp3) is 1.00. The fourth-order valence-corrected chi connectivity index (χ4v) is 2.52. The molecule has 0 aliphatic carbocycles. The van der Waals surface area contributed by atoms with Crippen LogP contribution >= 0.6 is 0 Å². The SMILES string of the molecule is CCCCCC(CC)N(CC1CO1)CC1CO1. The Hall–Kier alpha value is -0.120. The lowest BCUT2D eigenvalue weighted by Gasteiger charge is -2.30. The highest BCUT2D eigenvalue weighted by Crippen LogP contribution is 2.21. The third kappa shape index (κ3) is 4.94. The minimum absolute atomic E-state index is 0.508. The van der Waals surface area contributed by atoms with Gasteiger partial charge in [0.1, 0.15) is 0 Å². The largest absolute Gasteiger partial charge is 0.372 e. The average Bonchev–Trinajstić information content (AvgIpc) is 3.19. The smallest absolute Gasteiger partial charge is 0.0936 e. The van der Waals surface area contributed by atoms with Gasteiger partial charge in [0.25, 0.3) is 0 Å². The van der Waals surface area contributed by atoms with Crippen LogP contribution in [0.15, 0.2) is 0 Å². The highest BCUT2D eigenvalue weighted by atomic mass is 16.6. The van der Waals surface area contributed by atoms with Crippen molar-refractivity contribution in [3.63, 3.8) is 0 Å². The molecule has 0 radical (unpaired) electrons. The minimum Gasteiger partial charge on any atom is -0.372 e. The zero-order chi connectivity index (χ0) is 12.1. The maximum Gasteiger partial charge on any atom is 0.0936 e. The van der Waals surface area contributed by atoms with Gasteiger partial charge in [0.15, 0.2) is 0 Å². The molecule has 3 nitrogen and oxygen atoms in total. The Morgan fingerprint density at radius 1 is 1.06 bits per heavy atom. The van der Waals surface area contributed by atoms with Crippen molar-refractivity contribution in [3.8, 4) is 0 Å². The van der Waals surface area contributed by atoms with E-state index in [1.165, 1.54) is 32.1 Å².